The van der Waals surface area contributed by atoms with E-state index in [1.165, 1.54) is 35.1 Å². The number of rotatable bonds is 6. The third kappa shape index (κ3) is 4.68. The number of nitrogens with zero attached hydrogens (tertiary/aromatic N) is 4. The minimum atomic E-state index is -0.00643. The molecular weight excluding hydrogens is 460 g/mol. The molecule has 1 fully saturated rings. The molecule has 0 saturated carbocycles. The van der Waals surface area contributed by atoms with Crippen LogP contribution in [0.1, 0.15) is 59.2 Å². The third-order valence-corrected chi connectivity index (χ3v) is 8.26. The highest BCUT2D eigenvalue weighted by Crippen LogP contribution is 2.39. The van der Waals surface area contributed by atoms with Gasteiger partial charge in [0, 0.05) is 43.5 Å². The van der Waals surface area contributed by atoms with E-state index in [2.05, 4.69) is 11.8 Å². The SMILES string of the molecule is CCCc1nc(N2CCN(C(=O)c3ccc(OC)cc3OC)CC2)c2c3c(sc2n1)CCCCC3. The standard InChI is InChI=1S/C27H34N4O3S/c1-4-8-23-28-25(24-20-9-6-5-7-10-22(20)35-26(24)29-23)30-13-15-31(16-14-30)27(32)19-12-11-18(33-2)17-21(19)34-3/h11-12,17H,4-10,13-16H2,1-3H3. The highest BCUT2D eigenvalue weighted by Gasteiger charge is 2.28. The number of carbonyl (C=O) groups is 1. The number of amides is 1. The molecule has 7 nitrogen and oxygen atoms in total. The molecule has 8 heteroatoms. The summed E-state index contributed by atoms with van der Waals surface area (Å²) >= 11 is 1.87. The van der Waals surface area contributed by atoms with Crippen LogP contribution in [0.3, 0.4) is 0 Å². The van der Waals surface area contributed by atoms with Crippen molar-refractivity contribution < 1.29 is 14.3 Å². The second-order valence-corrected chi connectivity index (χ2v) is 10.4. The molecule has 1 aromatic carbocycles. The molecule has 1 saturated heterocycles. The van der Waals surface area contributed by atoms with E-state index in [1.54, 1.807) is 32.4 Å². The Bertz CT molecular complexity index is 1220. The summed E-state index contributed by atoms with van der Waals surface area (Å²) in [5, 5.41) is 1.27. The van der Waals surface area contributed by atoms with Gasteiger partial charge in [0.2, 0.25) is 0 Å². The lowest BCUT2D eigenvalue weighted by atomic mass is 10.1. The monoisotopic (exact) mass is 494 g/mol. The molecule has 3 aromatic rings. The number of fused-ring (bicyclic) bond motifs is 3. The second kappa shape index (κ2) is 10.4. The van der Waals surface area contributed by atoms with Gasteiger partial charge < -0.3 is 19.3 Å². The summed E-state index contributed by atoms with van der Waals surface area (Å²) in [7, 11) is 3.19. The number of carbonyl (C=O) groups excluding carboxylic acids is 1. The fourth-order valence-corrected chi connectivity index (χ4v) is 6.46. The molecule has 0 radical (unpaired) electrons. The van der Waals surface area contributed by atoms with Gasteiger partial charge in [-0.3, -0.25) is 4.79 Å². The van der Waals surface area contributed by atoms with E-state index in [-0.39, 0.29) is 5.91 Å². The third-order valence-electron chi connectivity index (χ3n) is 7.07. The van der Waals surface area contributed by atoms with Crippen LogP contribution in [0.25, 0.3) is 10.2 Å². The van der Waals surface area contributed by atoms with Crippen molar-refractivity contribution in [2.24, 2.45) is 0 Å². The number of aryl methyl sites for hydroxylation is 3. The molecule has 0 N–H and O–H groups in total. The molecule has 5 rings (SSSR count). The van der Waals surface area contributed by atoms with Gasteiger partial charge >= 0.3 is 0 Å². The quantitative estimate of drug-likeness (QED) is 0.455. The van der Waals surface area contributed by atoms with Gasteiger partial charge in [0.25, 0.3) is 5.91 Å². The first-order valence-electron chi connectivity index (χ1n) is 12.7. The predicted octanol–water partition coefficient (Wildman–Crippen LogP) is 4.89. The highest BCUT2D eigenvalue weighted by molar-refractivity contribution is 7.19. The lowest BCUT2D eigenvalue weighted by Crippen LogP contribution is -2.49. The maximum atomic E-state index is 13.3. The molecule has 1 aliphatic carbocycles. The lowest BCUT2D eigenvalue weighted by Gasteiger charge is -2.36. The average molecular weight is 495 g/mol. The molecule has 186 valence electrons. The van der Waals surface area contributed by atoms with E-state index in [1.807, 2.05) is 16.2 Å². The Labute approximate surface area is 211 Å². The molecule has 0 unspecified atom stereocenters. The Morgan fingerprint density at radius 2 is 1.83 bits per heavy atom. The van der Waals surface area contributed by atoms with Crippen LogP contribution in [0, 0.1) is 0 Å². The maximum Gasteiger partial charge on any atom is 0.257 e. The van der Waals surface area contributed by atoms with E-state index in [9.17, 15) is 4.79 Å². The van der Waals surface area contributed by atoms with E-state index < -0.39 is 0 Å². The maximum absolute atomic E-state index is 13.3. The van der Waals surface area contributed by atoms with Crippen LogP contribution in [-0.4, -0.2) is 61.2 Å². The largest absolute Gasteiger partial charge is 0.497 e. The minimum absolute atomic E-state index is 0.00643. The molecule has 1 aliphatic heterocycles. The van der Waals surface area contributed by atoms with Gasteiger partial charge in [0.05, 0.1) is 25.2 Å². The molecular formula is C27H34N4O3S. The summed E-state index contributed by atoms with van der Waals surface area (Å²) in [5.41, 5.74) is 2.04. The van der Waals surface area contributed by atoms with Crippen molar-refractivity contribution in [3.05, 3.63) is 40.0 Å². The fourth-order valence-electron chi connectivity index (χ4n) is 5.19. The number of thiophene rings is 1. The molecule has 3 heterocycles. The van der Waals surface area contributed by atoms with Crippen LogP contribution in [-0.2, 0) is 19.3 Å². The van der Waals surface area contributed by atoms with Gasteiger partial charge in [-0.05, 0) is 49.8 Å². The normalized spacial score (nSPS) is 16.2. The summed E-state index contributed by atoms with van der Waals surface area (Å²) < 4.78 is 10.8. The van der Waals surface area contributed by atoms with Gasteiger partial charge in [-0.1, -0.05) is 13.3 Å². The van der Waals surface area contributed by atoms with Gasteiger partial charge in [-0.2, -0.15) is 0 Å². The van der Waals surface area contributed by atoms with Crippen LogP contribution < -0.4 is 14.4 Å². The van der Waals surface area contributed by atoms with E-state index >= 15 is 0 Å². The Morgan fingerprint density at radius 1 is 1.03 bits per heavy atom. The zero-order chi connectivity index (χ0) is 24.4. The number of hydrogen-bond acceptors (Lipinski definition) is 7. The van der Waals surface area contributed by atoms with Crippen molar-refractivity contribution >= 4 is 33.3 Å². The molecule has 35 heavy (non-hydrogen) atoms. The van der Waals surface area contributed by atoms with Crippen LogP contribution in [0.2, 0.25) is 0 Å². The zero-order valence-electron chi connectivity index (χ0n) is 20.9. The summed E-state index contributed by atoms with van der Waals surface area (Å²) in [6.07, 6.45) is 7.99. The molecule has 2 aliphatic rings. The number of methoxy groups -OCH3 is 2. The predicted molar refractivity (Wildman–Crippen MR) is 140 cm³/mol. The topological polar surface area (TPSA) is 67.8 Å². The Kier molecular flexibility index (Phi) is 7.09. The van der Waals surface area contributed by atoms with Crippen LogP contribution >= 0.6 is 11.3 Å². The first-order valence-corrected chi connectivity index (χ1v) is 13.5. The van der Waals surface area contributed by atoms with Gasteiger partial charge in [-0.25, -0.2) is 9.97 Å². The first-order chi connectivity index (χ1) is 17.1. The van der Waals surface area contributed by atoms with Gasteiger partial charge in [0.15, 0.2) is 0 Å². The van der Waals surface area contributed by atoms with Gasteiger partial charge in [0.1, 0.15) is 28.0 Å². The summed E-state index contributed by atoms with van der Waals surface area (Å²) in [4.78, 5) is 30.3. The van der Waals surface area contributed by atoms with Crippen LogP contribution in [0.15, 0.2) is 18.2 Å². The lowest BCUT2D eigenvalue weighted by molar-refractivity contribution is 0.0743. The molecule has 1 amide bonds. The fraction of sp³-hybridized carbons (Fsp3) is 0.519. The number of ether oxygens (including phenoxy) is 2. The number of hydrogen-bond donors (Lipinski definition) is 0. The van der Waals surface area contributed by atoms with Crippen molar-refractivity contribution in [2.45, 2.75) is 51.9 Å². The number of piperazine rings is 1. The molecule has 0 atom stereocenters. The second-order valence-electron chi connectivity index (χ2n) is 9.30. The van der Waals surface area contributed by atoms with E-state index in [0.717, 1.165) is 55.2 Å². The summed E-state index contributed by atoms with van der Waals surface area (Å²) in [6, 6.07) is 5.36. The highest BCUT2D eigenvalue weighted by atomic mass is 32.1. The smallest absolute Gasteiger partial charge is 0.257 e. The number of aromatic nitrogens is 2. The molecule has 0 bridgehead atoms. The van der Waals surface area contributed by atoms with Crippen molar-refractivity contribution in [1.82, 2.24) is 14.9 Å². The minimum Gasteiger partial charge on any atom is -0.497 e. The number of benzene rings is 1. The Hall–Kier alpha value is -2.87. The summed E-state index contributed by atoms with van der Waals surface area (Å²) in [6.45, 7) is 4.98. The van der Waals surface area contributed by atoms with E-state index in [0.29, 0.717) is 30.2 Å². The average Bonchev–Trinajstić information content (AvgIpc) is 3.08. The zero-order valence-corrected chi connectivity index (χ0v) is 21.7. The van der Waals surface area contributed by atoms with E-state index in [4.69, 9.17) is 19.4 Å². The molecule has 0 spiro atoms. The van der Waals surface area contributed by atoms with Gasteiger partial charge in [-0.15, -0.1) is 11.3 Å². The Morgan fingerprint density at radius 3 is 2.57 bits per heavy atom. The van der Waals surface area contributed by atoms with Crippen molar-refractivity contribution in [2.75, 3.05) is 45.3 Å². The first kappa shape index (κ1) is 23.9. The van der Waals surface area contributed by atoms with Crippen molar-refractivity contribution in [3.63, 3.8) is 0 Å². The van der Waals surface area contributed by atoms with Crippen molar-refractivity contribution in [1.29, 1.82) is 0 Å². The van der Waals surface area contributed by atoms with Crippen LogP contribution in [0.4, 0.5) is 5.82 Å². The Balaban J connectivity index is 1.41. The van der Waals surface area contributed by atoms with Crippen LogP contribution in [0.5, 0.6) is 11.5 Å². The number of anilines is 1. The van der Waals surface area contributed by atoms with Crippen molar-refractivity contribution in [3.8, 4) is 11.5 Å². The summed E-state index contributed by atoms with van der Waals surface area (Å²) in [5.74, 6) is 3.22. The molecule has 2 aromatic heterocycles.